The van der Waals surface area contributed by atoms with Crippen molar-refractivity contribution in [1.82, 2.24) is 25.4 Å². The number of carbonyl (C=O) groups excluding carboxylic acids is 1. The summed E-state index contributed by atoms with van der Waals surface area (Å²) in [6.45, 7) is 6.34. The highest BCUT2D eigenvalue weighted by Gasteiger charge is 2.35. The molecule has 1 aliphatic rings. The zero-order valence-electron chi connectivity index (χ0n) is 16.3. The molecule has 0 fully saturated rings. The van der Waals surface area contributed by atoms with Gasteiger partial charge in [-0.15, -0.1) is 0 Å². The summed E-state index contributed by atoms with van der Waals surface area (Å²) >= 11 is 0. The van der Waals surface area contributed by atoms with E-state index in [1.807, 2.05) is 25.3 Å². The zero-order valence-corrected chi connectivity index (χ0v) is 16.3. The maximum absolute atomic E-state index is 12.7. The van der Waals surface area contributed by atoms with Gasteiger partial charge in [0, 0.05) is 35.8 Å². The molecule has 144 valence electrons. The molecular weight excluding hydrogens is 354 g/mol. The van der Waals surface area contributed by atoms with Gasteiger partial charge in [-0.05, 0) is 36.8 Å². The third-order valence-electron chi connectivity index (χ3n) is 5.05. The van der Waals surface area contributed by atoms with Crippen LogP contribution >= 0.6 is 0 Å². The Kier molecular flexibility index (Phi) is 4.66. The summed E-state index contributed by atoms with van der Waals surface area (Å²) in [5.41, 5.74) is 3.56. The van der Waals surface area contributed by atoms with E-state index in [0.29, 0.717) is 5.82 Å². The van der Waals surface area contributed by atoms with Gasteiger partial charge in [-0.3, -0.25) is 9.78 Å². The highest BCUT2D eigenvalue weighted by atomic mass is 16.5. The summed E-state index contributed by atoms with van der Waals surface area (Å²) in [4.78, 5) is 26.1. The van der Waals surface area contributed by atoms with E-state index in [9.17, 15) is 4.79 Å². The predicted molar refractivity (Wildman–Crippen MR) is 103 cm³/mol. The van der Waals surface area contributed by atoms with E-state index >= 15 is 0 Å². The van der Waals surface area contributed by atoms with Gasteiger partial charge in [0.2, 0.25) is 5.76 Å². The van der Waals surface area contributed by atoms with Crippen molar-refractivity contribution in [3.8, 4) is 11.4 Å². The van der Waals surface area contributed by atoms with Gasteiger partial charge in [0.15, 0.2) is 5.82 Å². The van der Waals surface area contributed by atoms with E-state index in [4.69, 9.17) is 9.51 Å². The second-order valence-corrected chi connectivity index (χ2v) is 7.94. The third kappa shape index (κ3) is 3.65. The summed E-state index contributed by atoms with van der Waals surface area (Å²) in [6, 6.07) is 5.32. The van der Waals surface area contributed by atoms with Gasteiger partial charge < -0.3 is 9.84 Å². The molecule has 1 atom stereocenters. The SMILES string of the molecule is CCc1cc(C(=O)N[C@@H]2CC(C)(C)Cc3nc(-c4cccnc4)ncc32)on1. The molecule has 0 radical (unpaired) electrons. The normalized spacial score (nSPS) is 17.8. The van der Waals surface area contributed by atoms with Gasteiger partial charge in [-0.1, -0.05) is 25.9 Å². The highest BCUT2D eigenvalue weighted by Crippen LogP contribution is 2.40. The average molecular weight is 377 g/mol. The number of aromatic nitrogens is 4. The number of aryl methyl sites for hydroxylation is 1. The first kappa shape index (κ1) is 18.3. The van der Waals surface area contributed by atoms with Crippen LogP contribution in [0.25, 0.3) is 11.4 Å². The van der Waals surface area contributed by atoms with E-state index in [2.05, 4.69) is 34.3 Å². The predicted octanol–water partition coefficient (Wildman–Crippen LogP) is 3.53. The van der Waals surface area contributed by atoms with Gasteiger partial charge in [0.05, 0.1) is 17.4 Å². The van der Waals surface area contributed by atoms with Crippen LogP contribution in [0, 0.1) is 5.41 Å². The second kappa shape index (κ2) is 7.14. The standard InChI is InChI=1S/C21H23N5O2/c1-4-14-8-18(28-26-14)20(27)25-17-10-21(2,3)9-16-15(17)12-23-19(24-16)13-6-5-7-22-11-13/h5-8,11-12,17H,4,9-10H2,1-3H3,(H,25,27)/t17-/m1/s1. The van der Waals surface area contributed by atoms with Crippen molar-refractivity contribution in [2.24, 2.45) is 5.41 Å². The van der Waals surface area contributed by atoms with E-state index in [0.717, 1.165) is 41.8 Å². The van der Waals surface area contributed by atoms with E-state index in [1.54, 1.807) is 18.5 Å². The molecule has 28 heavy (non-hydrogen) atoms. The van der Waals surface area contributed by atoms with Gasteiger partial charge in [-0.25, -0.2) is 9.97 Å². The molecule has 1 N–H and O–H groups in total. The van der Waals surface area contributed by atoms with Crippen LogP contribution in [0.5, 0.6) is 0 Å². The van der Waals surface area contributed by atoms with Crippen LogP contribution in [-0.2, 0) is 12.8 Å². The van der Waals surface area contributed by atoms with Crippen LogP contribution in [0.1, 0.15) is 60.7 Å². The molecule has 0 unspecified atom stereocenters. The number of amides is 1. The van der Waals surface area contributed by atoms with Crippen LogP contribution < -0.4 is 5.32 Å². The molecule has 0 aliphatic heterocycles. The fraction of sp³-hybridized carbons (Fsp3) is 0.381. The topological polar surface area (TPSA) is 93.8 Å². The van der Waals surface area contributed by atoms with Crippen LogP contribution in [0.15, 0.2) is 41.3 Å². The number of nitrogens with one attached hydrogen (secondary N) is 1. The maximum atomic E-state index is 12.7. The molecule has 0 saturated heterocycles. The summed E-state index contributed by atoms with van der Waals surface area (Å²) in [6.07, 6.45) is 7.65. The Bertz CT molecular complexity index is 997. The molecule has 4 rings (SSSR count). The quantitative estimate of drug-likeness (QED) is 0.747. The molecule has 0 aromatic carbocycles. The number of fused-ring (bicyclic) bond motifs is 1. The maximum Gasteiger partial charge on any atom is 0.290 e. The molecule has 3 aromatic heterocycles. The van der Waals surface area contributed by atoms with Crippen LogP contribution in [-0.4, -0.2) is 26.0 Å². The number of rotatable bonds is 4. The fourth-order valence-corrected chi connectivity index (χ4v) is 3.62. The smallest absolute Gasteiger partial charge is 0.290 e. The molecule has 7 nitrogen and oxygen atoms in total. The molecule has 3 heterocycles. The molecule has 1 aliphatic carbocycles. The lowest BCUT2D eigenvalue weighted by molar-refractivity contribution is 0.0881. The van der Waals surface area contributed by atoms with Crippen molar-refractivity contribution in [2.45, 2.75) is 46.1 Å². The summed E-state index contributed by atoms with van der Waals surface area (Å²) in [5, 5.41) is 6.98. The van der Waals surface area contributed by atoms with Crippen molar-refractivity contribution in [2.75, 3.05) is 0 Å². The first-order chi connectivity index (χ1) is 13.4. The monoisotopic (exact) mass is 377 g/mol. The number of nitrogens with zero attached hydrogens (tertiary/aromatic N) is 4. The van der Waals surface area contributed by atoms with Crippen molar-refractivity contribution >= 4 is 5.91 Å². The van der Waals surface area contributed by atoms with Crippen LogP contribution in [0.2, 0.25) is 0 Å². The van der Waals surface area contributed by atoms with Crippen molar-refractivity contribution in [1.29, 1.82) is 0 Å². The lowest BCUT2D eigenvalue weighted by Gasteiger charge is -2.36. The van der Waals surface area contributed by atoms with Crippen LogP contribution in [0.3, 0.4) is 0 Å². The molecule has 3 aromatic rings. The number of carbonyl (C=O) groups is 1. The molecule has 0 bridgehead atoms. The third-order valence-corrected chi connectivity index (χ3v) is 5.05. The lowest BCUT2D eigenvalue weighted by Crippen LogP contribution is -2.37. The van der Waals surface area contributed by atoms with Gasteiger partial charge in [0.25, 0.3) is 5.91 Å². The van der Waals surface area contributed by atoms with Gasteiger partial charge >= 0.3 is 0 Å². The molecular formula is C21H23N5O2. The zero-order chi connectivity index (χ0) is 19.7. The Labute approximate surface area is 163 Å². The summed E-state index contributed by atoms with van der Waals surface area (Å²) < 4.78 is 5.18. The van der Waals surface area contributed by atoms with E-state index in [1.165, 1.54) is 0 Å². The molecule has 0 spiro atoms. The molecule has 7 heteroatoms. The Morgan fingerprint density at radius 1 is 1.36 bits per heavy atom. The summed E-state index contributed by atoms with van der Waals surface area (Å²) in [7, 11) is 0. The Balaban J connectivity index is 1.63. The molecule has 0 saturated carbocycles. The Morgan fingerprint density at radius 2 is 2.21 bits per heavy atom. The second-order valence-electron chi connectivity index (χ2n) is 7.94. The van der Waals surface area contributed by atoms with Crippen molar-refractivity contribution in [3.05, 3.63) is 59.5 Å². The summed E-state index contributed by atoms with van der Waals surface area (Å²) in [5.74, 6) is 0.615. The minimum absolute atomic E-state index is 0.00149. The number of pyridine rings is 1. The minimum atomic E-state index is -0.266. The number of hydrogen-bond donors (Lipinski definition) is 1. The Hall–Kier alpha value is -3.09. The Morgan fingerprint density at radius 3 is 2.93 bits per heavy atom. The first-order valence-corrected chi connectivity index (χ1v) is 9.48. The van der Waals surface area contributed by atoms with Crippen LogP contribution in [0.4, 0.5) is 0 Å². The average Bonchev–Trinajstić information content (AvgIpc) is 3.17. The van der Waals surface area contributed by atoms with Crippen molar-refractivity contribution < 1.29 is 9.32 Å². The highest BCUT2D eigenvalue weighted by molar-refractivity contribution is 5.91. The van der Waals surface area contributed by atoms with Crippen molar-refractivity contribution in [3.63, 3.8) is 0 Å². The minimum Gasteiger partial charge on any atom is -0.351 e. The molecule has 1 amide bonds. The van der Waals surface area contributed by atoms with E-state index in [-0.39, 0.29) is 23.1 Å². The first-order valence-electron chi connectivity index (χ1n) is 9.48. The number of hydrogen-bond acceptors (Lipinski definition) is 6. The lowest BCUT2D eigenvalue weighted by atomic mass is 9.74. The van der Waals surface area contributed by atoms with E-state index < -0.39 is 0 Å². The van der Waals surface area contributed by atoms with Gasteiger partial charge in [-0.2, -0.15) is 0 Å². The van der Waals surface area contributed by atoms with Gasteiger partial charge in [0.1, 0.15) is 0 Å². The largest absolute Gasteiger partial charge is 0.351 e. The fourth-order valence-electron chi connectivity index (χ4n) is 3.62.